The summed E-state index contributed by atoms with van der Waals surface area (Å²) in [5.74, 6) is 0. The summed E-state index contributed by atoms with van der Waals surface area (Å²) in [6.07, 6.45) is 4.50. The Morgan fingerprint density at radius 1 is 1.08 bits per heavy atom. The fraction of sp³-hybridized carbons (Fsp3) is 0.111. The van der Waals surface area contributed by atoms with Gasteiger partial charge in [-0.1, -0.05) is 0 Å². The Balaban J connectivity index is 0.000000605. The molecule has 2 rings (SSSR count). The molecule has 1 aliphatic rings. The van der Waals surface area contributed by atoms with Crippen molar-refractivity contribution in [1.29, 1.82) is 0 Å². The number of hydrogen-bond donors (Lipinski definition) is 0. The van der Waals surface area contributed by atoms with Crippen molar-refractivity contribution in [2.24, 2.45) is 0 Å². The van der Waals surface area contributed by atoms with Crippen LogP contribution in [-0.2, 0) is 24.7 Å². The van der Waals surface area contributed by atoms with E-state index in [-0.39, 0.29) is 24.8 Å². The van der Waals surface area contributed by atoms with Crippen LogP contribution < -0.4 is 0 Å². The minimum atomic E-state index is 0. The van der Waals surface area contributed by atoms with Crippen LogP contribution in [0.3, 0.4) is 0 Å². The van der Waals surface area contributed by atoms with Gasteiger partial charge in [-0.25, -0.2) is 0 Å². The first-order chi connectivity index (χ1) is 4.88. The van der Waals surface area contributed by atoms with Gasteiger partial charge in [0.05, 0.1) is 0 Å². The van der Waals surface area contributed by atoms with Gasteiger partial charge in [0.1, 0.15) is 0 Å². The monoisotopic (exact) mass is 277 g/mol. The molecule has 0 saturated carbocycles. The molecule has 0 unspecified atom stereocenters. The number of benzene rings is 1. The van der Waals surface area contributed by atoms with Gasteiger partial charge >= 0.3 is 75.9 Å². The third-order valence-electron chi connectivity index (χ3n) is 1.80. The van der Waals surface area contributed by atoms with Crippen molar-refractivity contribution in [3.8, 4) is 0 Å². The van der Waals surface area contributed by atoms with E-state index in [4.69, 9.17) is 0 Å². The van der Waals surface area contributed by atoms with E-state index in [1.807, 2.05) is 0 Å². The van der Waals surface area contributed by atoms with E-state index in [2.05, 4.69) is 36.4 Å². The molecule has 0 nitrogen and oxygen atoms in total. The number of allylic oxidation sites excluding steroid dienone is 1. The van der Waals surface area contributed by atoms with Gasteiger partial charge in [-0.2, -0.15) is 0 Å². The van der Waals surface area contributed by atoms with Crippen molar-refractivity contribution < 1.29 is 24.7 Å². The number of rotatable bonds is 0. The van der Waals surface area contributed by atoms with Crippen LogP contribution in [0.2, 0.25) is 0 Å². The van der Waals surface area contributed by atoms with E-state index in [1.54, 1.807) is 24.7 Å². The van der Waals surface area contributed by atoms with Gasteiger partial charge in [0, 0.05) is 0 Å². The third-order valence-corrected chi connectivity index (χ3v) is 3.04. The van der Waals surface area contributed by atoms with Crippen molar-refractivity contribution in [1.82, 2.24) is 0 Å². The van der Waals surface area contributed by atoms with Gasteiger partial charge in [0.25, 0.3) is 0 Å². The molecule has 0 saturated heterocycles. The van der Waals surface area contributed by atoms with Gasteiger partial charge in [-0.05, 0) is 0 Å². The Kier molecular flexibility index (Phi) is 5.40. The maximum atomic E-state index is 2.28. The standard InChI is InChI=1S/C9H7.2ClH.Zr/c1-2-5-9-7-3-6-8(9)4-1;;;/h1-7H;2*1H;. The van der Waals surface area contributed by atoms with Crippen LogP contribution in [0.25, 0.3) is 6.08 Å². The molecular formula is C9H9Cl2Zr. The molecule has 1 aromatic rings. The normalized spacial score (nSPS) is 17.4. The molecule has 0 N–H and O–H groups in total. The Morgan fingerprint density at radius 3 is 2.42 bits per heavy atom. The summed E-state index contributed by atoms with van der Waals surface area (Å²) >= 11 is 1.59. The third kappa shape index (κ3) is 2.22. The molecule has 0 amide bonds. The zero-order valence-electron chi connectivity index (χ0n) is 6.36. The predicted octanol–water partition coefficient (Wildman–Crippen LogP) is 3.14. The van der Waals surface area contributed by atoms with Crippen LogP contribution in [0.1, 0.15) is 14.8 Å². The average Bonchev–Trinajstić information content (AvgIpc) is 2.34. The summed E-state index contributed by atoms with van der Waals surface area (Å²) in [6.45, 7) is 0. The van der Waals surface area contributed by atoms with E-state index in [0.717, 1.165) is 0 Å². The van der Waals surface area contributed by atoms with E-state index >= 15 is 0 Å². The molecule has 1 atom stereocenters. The number of halogens is 2. The zero-order chi connectivity index (χ0) is 6.97. The summed E-state index contributed by atoms with van der Waals surface area (Å²) in [5, 5.41) is 0. The van der Waals surface area contributed by atoms with Crippen LogP contribution in [0, 0.1) is 0 Å². The fourth-order valence-corrected chi connectivity index (χ4v) is 2.13. The van der Waals surface area contributed by atoms with Gasteiger partial charge in [0.15, 0.2) is 0 Å². The fourth-order valence-electron chi connectivity index (χ4n) is 1.25. The van der Waals surface area contributed by atoms with Gasteiger partial charge in [0.2, 0.25) is 0 Å². The van der Waals surface area contributed by atoms with Crippen molar-refractivity contribution in [3.63, 3.8) is 0 Å². The second-order valence-corrected chi connectivity index (χ2v) is 3.99. The SMILES string of the molecule is Cl.Cl.[Zr][C@H]1C=Cc2ccccc21. The summed E-state index contributed by atoms with van der Waals surface area (Å²) in [6, 6.07) is 8.60. The second-order valence-electron chi connectivity index (χ2n) is 2.47. The van der Waals surface area contributed by atoms with Crippen molar-refractivity contribution in [2.75, 3.05) is 0 Å². The molecule has 0 radical (unpaired) electrons. The molecule has 0 aliphatic heterocycles. The first-order valence-electron chi connectivity index (χ1n) is 3.36. The van der Waals surface area contributed by atoms with Crippen LogP contribution in [0.4, 0.5) is 0 Å². The van der Waals surface area contributed by atoms with E-state index in [9.17, 15) is 0 Å². The first kappa shape index (κ1) is 12.4. The quantitative estimate of drug-likeness (QED) is 0.684. The molecule has 1 aromatic carbocycles. The van der Waals surface area contributed by atoms with E-state index in [1.165, 1.54) is 11.1 Å². The molecule has 3 heteroatoms. The van der Waals surface area contributed by atoms with Crippen LogP contribution in [0.5, 0.6) is 0 Å². The van der Waals surface area contributed by atoms with E-state index < -0.39 is 0 Å². The Morgan fingerprint density at radius 2 is 1.75 bits per heavy atom. The van der Waals surface area contributed by atoms with Gasteiger partial charge in [-0.3, -0.25) is 0 Å². The number of fused-ring (bicyclic) bond motifs is 1. The van der Waals surface area contributed by atoms with Gasteiger partial charge in [-0.15, -0.1) is 24.8 Å². The summed E-state index contributed by atoms with van der Waals surface area (Å²) < 4.78 is 0.711. The Hall–Kier alpha value is 0.423. The van der Waals surface area contributed by atoms with Crippen LogP contribution in [0.15, 0.2) is 30.3 Å². The van der Waals surface area contributed by atoms with Gasteiger partial charge < -0.3 is 0 Å². The summed E-state index contributed by atoms with van der Waals surface area (Å²) in [7, 11) is 0. The summed E-state index contributed by atoms with van der Waals surface area (Å²) in [4.78, 5) is 0. The molecule has 0 fully saturated rings. The average molecular weight is 279 g/mol. The van der Waals surface area contributed by atoms with Crippen LogP contribution >= 0.6 is 24.8 Å². The molecule has 0 heterocycles. The van der Waals surface area contributed by atoms with E-state index in [0.29, 0.717) is 3.63 Å². The first-order valence-corrected chi connectivity index (χ1v) is 4.78. The maximum absolute atomic E-state index is 2.28. The second kappa shape index (κ2) is 5.22. The van der Waals surface area contributed by atoms with Crippen molar-refractivity contribution in [3.05, 3.63) is 41.5 Å². The molecule has 12 heavy (non-hydrogen) atoms. The Bertz CT molecular complexity index is 284. The molecule has 0 bridgehead atoms. The molecule has 0 spiro atoms. The van der Waals surface area contributed by atoms with Crippen molar-refractivity contribution in [2.45, 2.75) is 3.63 Å². The molecule has 1 aliphatic carbocycles. The zero-order valence-corrected chi connectivity index (χ0v) is 10.4. The minimum absolute atomic E-state index is 0. The predicted molar refractivity (Wildman–Crippen MR) is 52.7 cm³/mol. The Labute approximate surface area is 100 Å². The summed E-state index contributed by atoms with van der Waals surface area (Å²) in [5.41, 5.74) is 2.91. The van der Waals surface area contributed by atoms with Crippen molar-refractivity contribution >= 4 is 30.9 Å². The molecular weight excluding hydrogens is 270 g/mol. The molecule has 63 valence electrons. The number of hydrogen-bond acceptors (Lipinski definition) is 0. The van der Waals surface area contributed by atoms with Crippen LogP contribution in [-0.4, -0.2) is 0 Å². The topological polar surface area (TPSA) is 0 Å². The molecule has 0 aromatic heterocycles.